The van der Waals surface area contributed by atoms with Crippen LogP contribution in [0, 0.1) is 0 Å². The summed E-state index contributed by atoms with van der Waals surface area (Å²) in [4.78, 5) is 78.4. The van der Waals surface area contributed by atoms with Crippen LogP contribution in [0.15, 0.2) is 0 Å². The van der Waals surface area contributed by atoms with Crippen LogP contribution in [-0.2, 0) is 36.4 Å². The molecule has 0 heterocycles. The summed E-state index contributed by atoms with van der Waals surface area (Å²) < 4.78 is 59.1. The molecule has 8 atom stereocenters. The van der Waals surface area contributed by atoms with Crippen LogP contribution in [0.1, 0.15) is 0 Å². The first-order valence-electron chi connectivity index (χ1n) is 6.45. The highest BCUT2D eigenvalue weighted by Crippen LogP contribution is 2.48. The molecule has 6 N–H and O–H groups in total. The molecular formula is C6H12O18P4-4. The maximum atomic E-state index is 10.9. The molecule has 0 aromatic carbocycles. The summed E-state index contributed by atoms with van der Waals surface area (Å²) in [5.41, 5.74) is 0. The van der Waals surface area contributed by atoms with Gasteiger partial charge >= 0.3 is 0 Å². The van der Waals surface area contributed by atoms with E-state index in [1.54, 1.807) is 0 Å². The molecule has 1 aliphatic carbocycles. The van der Waals surface area contributed by atoms with Gasteiger partial charge in [0.05, 0.1) is 0 Å². The zero-order valence-corrected chi connectivity index (χ0v) is 16.4. The molecular weight excluding hydrogens is 484 g/mol. The van der Waals surface area contributed by atoms with Crippen LogP contribution >= 0.6 is 31.3 Å². The van der Waals surface area contributed by atoms with Crippen molar-refractivity contribution >= 4 is 31.3 Å². The van der Waals surface area contributed by atoms with Crippen LogP contribution < -0.4 is 19.6 Å². The van der Waals surface area contributed by atoms with Crippen molar-refractivity contribution in [3.63, 3.8) is 0 Å². The van der Waals surface area contributed by atoms with Gasteiger partial charge in [-0.1, -0.05) is 0 Å². The molecule has 22 heteroatoms. The molecule has 0 saturated heterocycles. The number of hydrogen-bond acceptors (Lipinski definition) is 14. The average Bonchev–Trinajstić information content (AvgIpc) is 2.39. The van der Waals surface area contributed by atoms with Gasteiger partial charge in [0.15, 0.2) is 0 Å². The van der Waals surface area contributed by atoms with Crippen molar-refractivity contribution in [1.29, 1.82) is 0 Å². The summed E-state index contributed by atoms with van der Waals surface area (Å²) in [6, 6.07) is 0. The first-order valence-corrected chi connectivity index (χ1v) is 12.4. The Balaban J connectivity index is 3.47. The Kier molecular flexibility index (Phi) is 8.34. The number of hydrogen-bond donors (Lipinski definition) is 6. The Labute approximate surface area is 154 Å². The van der Waals surface area contributed by atoms with Crippen LogP contribution in [0.2, 0.25) is 0 Å². The van der Waals surface area contributed by atoms with E-state index in [4.69, 9.17) is 19.6 Å². The van der Waals surface area contributed by atoms with E-state index >= 15 is 0 Å². The maximum Gasteiger partial charge on any atom is 0.265 e. The van der Waals surface area contributed by atoms with Crippen LogP contribution in [0.4, 0.5) is 0 Å². The van der Waals surface area contributed by atoms with E-state index in [0.29, 0.717) is 0 Å². The fourth-order valence-corrected chi connectivity index (χ4v) is 4.47. The van der Waals surface area contributed by atoms with Crippen LogP contribution in [-0.4, -0.2) is 66.4 Å². The van der Waals surface area contributed by atoms with E-state index in [0.717, 1.165) is 0 Å². The summed E-state index contributed by atoms with van der Waals surface area (Å²) in [6.45, 7) is 0. The molecule has 1 aliphatic rings. The fraction of sp³-hybridized carbons (Fsp3) is 1.00. The molecule has 0 aliphatic heterocycles. The highest BCUT2D eigenvalue weighted by molar-refractivity contribution is 7.45. The van der Waals surface area contributed by atoms with Crippen LogP contribution in [0.5, 0.6) is 0 Å². The molecule has 8 unspecified atom stereocenters. The Morgan fingerprint density at radius 1 is 0.500 bits per heavy atom. The lowest BCUT2D eigenvalue weighted by Crippen LogP contribution is -2.66. The third kappa shape index (κ3) is 8.62. The van der Waals surface area contributed by atoms with E-state index in [1.807, 2.05) is 0 Å². The summed E-state index contributed by atoms with van der Waals surface area (Å²) >= 11 is 0. The standard InChI is InChI=1S/C6H16O18P4/c7-1-3(21-25(9,10)11)5(23-27(15,16)17)2(8)6(24-28(18,19)20)4(1)22-26(12,13)14/h1-8H,(H2,9,10,11)(H2,12,13,14)(H2,15,16,17)(H2,18,19,20)/p-4. The van der Waals surface area contributed by atoms with Gasteiger partial charge in [-0.3, -0.25) is 18.3 Å². The maximum absolute atomic E-state index is 10.9. The number of rotatable bonds is 8. The van der Waals surface area contributed by atoms with Crippen molar-refractivity contribution in [3.8, 4) is 0 Å². The highest BCUT2D eigenvalue weighted by Gasteiger charge is 2.56. The lowest BCUT2D eigenvalue weighted by Gasteiger charge is -2.48. The highest BCUT2D eigenvalue weighted by atomic mass is 31.2. The summed E-state index contributed by atoms with van der Waals surface area (Å²) in [7, 11) is -23.5. The minimum Gasteiger partial charge on any atom is -0.756 e. The number of aliphatic hydroxyl groups is 2. The lowest BCUT2D eigenvalue weighted by molar-refractivity contribution is -0.285. The molecule has 18 nitrogen and oxygen atoms in total. The minimum atomic E-state index is -5.89. The first-order chi connectivity index (χ1) is 12.2. The Morgan fingerprint density at radius 2 is 0.643 bits per heavy atom. The van der Waals surface area contributed by atoms with Gasteiger partial charge in [0.25, 0.3) is 31.3 Å². The largest absolute Gasteiger partial charge is 0.756 e. The van der Waals surface area contributed by atoms with Gasteiger partial charge in [-0.2, -0.15) is 0 Å². The zero-order valence-electron chi connectivity index (χ0n) is 12.8. The molecule has 1 fully saturated rings. The normalized spacial score (nSPS) is 39.9. The van der Waals surface area contributed by atoms with Gasteiger partial charge < -0.3 is 67.5 Å². The summed E-state index contributed by atoms with van der Waals surface area (Å²) in [5.74, 6) is 0. The average molecular weight is 496 g/mol. The molecule has 168 valence electrons. The van der Waals surface area contributed by atoms with E-state index in [1.165, 1.54) is 0 Å². The van der Waals surface area contributed by atoms with Crippen molar-refractivity contribution in [3.05, 3.63) is 0 Å². The summed E-state index contributed by atoms with van der Waals surface area (Å²) in [6.07, 6.45) is -16.7. The van der Waals surface area contributed by atoms with Gasteiger partial charge in [0.1, 0.15) is 36.6 Å². The molecule has 1 saturated carbocycles. The number of aliphatic hydroxyl groups excluding tert-OH is 2. The lowest BCUT2D eigenvalue weighted by atomic mass is 9.85. The van der Waals surface area contributed by atoms with E-state index in [-0.39, 0.29) is 0 Å². The van der Waals surface area contributed by atoms with Gasteiger partial charge in [0.2, 0.25) is 0 Å². The van der Waals surface area contributed by atoms with Gasteiger partial charge in [0, 0.05) is 0 Å². The van der Waals surface area contributed by atoms with E-state index < -0.39 is 67.9 Å². The van der Waals surface area contributed by atoms with Crippen molar-refractivity contribution in [2.24, 2.45) is 0 Å². The molecule has 0 radical (unpaired) electrons. The van der Waals surface area contributed by atoms with Crippen molar-refractivity contribution in [2.45, 2.75) is 36.6 Å². The van der Waals surface area contributed by atoms with Crippen LogP contribution in [0.3, 0.4) is 0 Å². The Bertz CT molecular complexity index is 604. The molecule has 1 rings (SSSR count). The molecule has 0 amide bonds. The Morgan fingerprint density at radius 3 is 0.750 bits per heavy atom. The number of phosphoric acid groups is 4. The summed E-state index contributed by atoms with van der Waals surface area (Å²) in [5, 5.41) is 20.0. The Hall–Kier alpha value is 0.360. The molecule has 0 aromatic heterocycles. The third-order valence-corrected chi connectivity index (χ3v) is 5.05. The predicted octanol–water partition coefficient (Wildman–Crippen LogP) is -5.89. The fourth-order valence-electron chi connectivity index (χ4n) is 2.26. The van der Waals surface area contributed by atoms with Crippen molar-refractivity contribution in [1.82, 2.24) is 0 Å². The second-order valence-corrected chi connectivity index (χ2v) is 9.73. The smallest absolute Gasteiger partial charge is 0.265 e. The van der Waals surface area contributed by atoms with Gasteiger partial charge in [-0.25, -0.2) is 0 Å². The van der Waals surface area contributed by atoms with Gasteiger partial charge in [-0.15, -0.1) is 0 Å². The zero-order chi connectivity index (χ0) is 22.3. The third-order valence-electron chi connectivity index (χ3n) is 3.01. The number of phosphoric ester groups is 4. The van der Waals surface area contributed by atoms with E-state index in [2.05, 4.69) is 18.1 Å². The SMILES string of the molecule is O=P([O-])(O)OC1C(O)C(OP(=O)([O-])O)C(OP(=O)([O-])O)C(O)C1OP(=O)([O-])O. The molecule has 28 heavy (non-hydrogen) atoms. The monoisotopic (exact) mass is 496 g/mol. The van der Waals surface area contributed by atoms with Crippen molar-refractivity contribution in [2.75, 3.05) is 0 Å². The second-order valence-electron chi connectivity index (χ2n) is 5.14. The second kappa shape index (κ2) is 8.85. The first kappa shape index (κ1) is 26.4. The van der Waals surface area contributed by atoms with Crippen molar-refractivity contribution < 1.29 is 85.7 Å². The van der Waals surface area contributed by atoms with E-state index in [9.17, 15) is 48.0 Å². The molecule has 0 aromatic rings. The van der Waals surface area contributed by atoms with Crippen LogP contribution in [0.25, 0.3) is 0 Å². The van der Waals surface area contributed by atoms with Gasteiger partial charge in [-0.05, 0) is 0 Å². The quantitative estimate of drug-likeness (QED) is 0.170. The molecule has 0 bridgehead atoms. The minimum absolute atomic E-state index is 2.76. The molecule has 0 spiro atoms. The topological polar surface area (TPSA) is 319 Å². The predicted molar refractivity (Wildman–Crippen MR) is 70.8 cm³/mol.